The number of benzene rings is 3. The third-order valence-electron chi connectivity index (χ3n) is 4.04. The van der Waals surface area contributed by atoms with E-state index in [1.165, 1.54) is 4.91 Å². The lowest BCUT2D eigenvalue weighted by Crippen LogP contribution is -2.23. The van der Waals surface area contributed by atoms with Gasteiger partial charge in [-0.25, -0.2) is 4.99 Å². The molecular formula is C24H18N2S. The third-order valence-corrected chi connectivity index (χ3v) is 5.04. The van der Waals surface area contributed by atoms with Gasteiger partial charge in [-0.2, -0.15) is 0 Å². The highest BCUT2D eigenvalue weighted by molar-refractivity contribution is 8.18. The quantitative estimate of drug-likeness (QED) is 0.528. The molecule has 27 heavy (non-hydrogen) atoms. The Hall–Kier alpha value is -3.22. The summed E-state index contributed by atoms with van der Waals surface area (Å²) < 4.78 is 0. The fraction of sp³-hybridized carbons (Fsp3) is 0.0417. The van der Waals surface area contributed by atoms with E-state index in [1.807, 2.05) is 72.8 Å². The molecule has 2 nitrogen and oxygen atoms in total. The minimum Gasteiger partial charge on any atom is -0.316 e. The van der Waals surface area contributed by atoms with Crippen LogP contribution in [0.3, 0.4) is 0 Å². The monoisotopic (exact) mass is 366 g/mol. The van der Waals surface area contributed by atoms with Crippen LogP contribution in [0.25, 0.3) is 0 Å². The van der Waals surface area contributed by atoms with Crippen molar-refractivity contribution in [1.29, 1.82) is 0 Å². The molecule has 3 aromatic carbocycles. The van der Waals surface area contributed by atoms with Gasteiger partial charge in [0, 0.05) is 22.2 Å². The summed E-state index contributed by atoms with van der Waals surface area (Å²) in [5.41, 5.74) is 3.12. The minimum atomic E-state index is 0.782. The molecule has 1 saturated heterocycles. The van der Waals surface area contributed by atoms with Gasteiger partial charge in [-0.15, -0.1) is 0 Å². The van der Waals surface area contributed by atoms with Crippen molar-refractivity contribution in [2.45, 2.75) is 0 Å². The molecule has 1 aliphatic rings. The predicted molar refractivity (Wildman–Crippen MR) is 116 cm³/mol. The van der Waals surface area contributed by atoms with E-state index < -0.39 is 0 Å². The number of para-hydroxylation sites is 2. The summed E-state index contributed by atoms with van der Waals surface area (Å²) in [5.74, 6) is 6.38. The molecule has 0 amide bonds. The zero-order chi connectivity index (χ0) is 18.3. The van der Waals surface area contributed by atoms with Gasteiger partial charge in [0.25, 0.3) is 0 Å². The van der Waals surface area contributed by atoms with E-state index in [0.717, 1.165) is 28.7 Å². The number of aliphatic imine (C=N–C) groups is 1. The number of hydrogen-bond donors (Lipinski definition) is 0. The van der Waals surface area contributed by atoms with Crippen LogP contribution in [0, 0.1) is 11.8 Å². The third kappa shape index (κ3) is 4.49. The Kier molecular flexibility index (Phi) is 5.38. The van der Waals surface area contributed by atoms with Crippen LogP contribution in [0.4, 0.5) is 11.4 Å². The van der Waals surface area contributed by atoms with Crippen LogP contribution in [0.1, 0.15) is 5.56 Å². The number of allylic oxidation sites excluding steroid dienone is 1. The number of rotatable bonds is 2. The smallest absolute Gasteiger partial charge is 0.173 e. The predicted octanol–water partition coefficient (Wildman–Crippen LogP) is 5.86. The van der Waals surface area contributed by atoms with Crippen molar-refractivity contribution in [1.82, 2.24) is 0 Å². The molecule has 1 aliphatic heterocycles. The summed E-state index contributed by atoms with van der Waals surface area (Å²) in [4.78, 5) is 8.27. The number of thioether (sulfide) groups is 1. The summed E-state index contributed by atoms with van der Waals surface area (Å²) in [6.07, 6.45) is 2.00. The molecule has 3 aromatic rings. The fourth-order valence-electron chi connectivity index (χ4n) is 2.73. The molecule has 0 aliphatic carbocycles. The van der Waals surface area contributed by atoms with Crippen LogP contribution in [0.15, 0.2) is 107 Å². The van der Waals surface area contributed by atoms with Gasteiger partial charge in [-0.3, -0.25) is 0 Å². The van der Waals surface area contributed by atoms with Gasteiger partial charge in [-0.1, -0.05) is 78.2 Å². The highest BCUT2D eigenvalue weighted by atomic mass is 32.2. The van der Waals surface area contributed by atoms with Gasteiger partial charge in [0.15, 0.2) is 5.17 Å². The SMILES string of the molecule is C(#Cc1ccccc1)C=C1CN(c2ccccc2)C(=Nc2ccccc2)S1. The normalized spacial score (nSPS) is 16.4. The molecule has 0 saturated carbocycles. The van der Waals surface area contributed by atoms with Gasteiger partial charge in [0.2, 0.25) is 0 Å². The van der Waals surface area contributed by atoms with Gasteiger partial charge in [0.1, 0.15) is 0 Å². The average molecular weight is 366 g/mol. The molecule has 1 heterocycles. The zero-order valence-electron chi connectivity index (χ0n) is 14.7. The van der Waals surface area contributed by atoms with Crippen molar-refractivity contribution in [3.8, 4) is 11.8 Å². The number of nitrogens with zero attached hydrogens (tertiary/aromatic N) is 2. The first-order valence-electron chi connectivity index (χ1n) is 8.78. The summed E-state index contributed by atoms with van der Waals surface area (Å²) in [6, 6.07) is 30.5. The van der Waals surface area contributed by atoms with E-state index in [0.29, 0.717) is 0 Å². The molecule has 0 spiro atoms. The Morgan fingerprint density at radius 2 is 1.44 bits per heavy atom. The molecular weight excluding hydrogens is 348 g/mol. The Morgan fingerprint density at radius 1 is 0.815 bits per heavy atom. The minimum absolute atomic E-state index is 0.782. The Labute approximate surface area is 164 Å². The van der Waals surface area contributed by atoms with Crippen LogP contribution in [-0.4, -0.2) is 11.7 Å². The molecule has 0 radical (unpaired) electrons. The second-order valence-electron chi connectivity index (χ2n) is 6.00. The summed E-state index contributed by atoms with van der Waals surface area (Å²) >= 11 is 1.68. The maximum absolute atomic E-state index is 4.85. The van der Waals surface area contributed by atoms with Crippen molar-refractivity contribution in [2.24, 2.45) is 4.99 Å². The Balaban J connectivity index is 1.62. The fourth-order valence-corrected chi connectivity index (χ4v) is 3.71. The molecule has 0 unspecified atom stereocenters. The zero-order valence-corrected chi connectivity index (χ0v) is 15.6. The lowest BCUT2D eigenvalue weighted by Gasteiger charge is -2.17. The number of anilines is 1. The van der Waals surface area contributed by atoms with Gasteiger partial charge in [-0.05, 0) is 36.4 Å². The van der Waals surface area contributed by atoms with E-state index in [2.05, 4.69) is 41.0 Å². The molecule has 4 rings (SSSR count). The van der Waals surface area contributed by atoms with Crippen LogP contribution < -0.4 is 4.90 Å². The largest absolute Gasteiger partial charge is 0.316 e. The van der Waals surface area contributed by atoms with Gasteiger partial charge < -0.3 is 4.90 Å². The van der Waals surface area contributed by atoms with E-state index >= 15 is 0 Å². The molecule has 1 fully saturated rings. The topological polar surface area (TPSA) is 15.6 Å². The van der Waals surface area contributed by atoms with Crippen molar-refractivity contribution in [3.63, 3.8) is 0 Å². The van der Waals surface area contributed by atoms with Gasteiger partial charge in [0.05, 0.1) is 12.2 Å². The van der Waals surface area contributed by atoms with E-state index in [4.69, 9.17) is 4.99 Å². The molecule has 0 atom stereocenters. The van der Waals surface area contributed by atoms with Crippen molar-refractivity contribution in [2.75, 3.05) is 11.4 Å². The number of amidine groups is 1. The van der Waals surface area contributed by atoms with Crippen molar-refractivity contribution in [3.05, 3.63) is 108 Å². The maximum atomic E-state index is 4.85. The highest BCUT2D eigenvalue weighted by Gasteiger charge is 2.25. The van der Waals surface area contributed by atoms with E-state index in [-0.39, 0.29) is 0 Å². The van der Waals surface area contributed by atoms with E-state index in [1.54, 1.807) is 11.8 Å². The lowest BCUT2D eigenvalue weighted by atomic mass is 10.2. The second-order valence-corrected chi connectivity index (χ2v) is 7.09. The van der Waals surface area contributed by atoms with E-state index in [9.17, 15) is 0 Å². The van der Waals surface area contributed by atoms with Crippen LogP contribution >= 0.6 is 11.8 Å². The first-order chi connectivity index (χ1) is 13.4. The molecule has 0 bridgehead atoms. The Morgan fingerprint density at radius 3 is 2.15 bits per heavy atom. The van der Waals surface area contributed by atoms with Crippen molar-refractivity contribution >= 4 is 28.3 Å². The molecule has 3 heteroatoms. The van der Waals surface area contributed by atoms with Crippen LogP contribution in [0.2, 0.25) is 0 Å². The lowest BCUT2D eigenvalue weighted by molar-refractivity contribution is 1.16. The van der Waals surface area contributed by atoms with Crippen molar-refractivity contribution < 1.29 is 0 Å². The highest BCUT2D eigenvalue weighted by Crippen LogP contribution is 2.34. The molecule has 0 aromatic heterocycles. The Bertz CT molecular complexity index is 1010. The maximum Gasteiger partial charge on any atom is 0.173 e. The van der Waals surface area contributed by atoms with Crippen LogP contribution in [-0.2, 0) is 0 Å². The summed E-state index contributed by atoms with van der Waals surface area (Å²) in [6.45, 7) is 0.782. The average Bonchev–Trinajstić information content (AvgIpc) is 3.13. The standard InChI is InChI=1S/C24H18N2S/c1-4-11-20(12-5-1)13-10-18-23-19-26(22-16-8-3-9-17-22)24(27-23)25-21-14-6-2-7-15-21/h1-9,11-12,14-18H,19H2. The first kappa shape index (κ1) is 17.2. The second kappa shape index (κ2) is 8.44. The number of hydrogen-bond acceptors (Lipinski definition) is 2. The van der Waals surface area contributed by atoms with Gasteiger partial charge >= 0.3 is 0 Å². The summed E-state index contributed by atoms with van der Waals surface area (Å²) in [7, 11) is 0. The van der Waals surface area contributed by atoms with Crippen LogP contribution in [0.5, 0.6) is 0 Å². The first-order valence-corrected chi connectivity index (χ1v) is 9.60. The summed E-state index contributed by atoms with van der Waals surface area (Å²) in [5, 5.41) is 0.972. The molecule has 0 N–H and O–H groups in total. The molecule has 130 valence electrons.